The molecule has 0 radical (unpaired) electrons. The molecule has 2 aromatic rings. The number of aryl methyl sites for hydroxylation is 2. The van der Waals surface area contributed by atoms with E-state index in [9.17, 15) is 0 Å². The first kappa shape index (κ1) is 27.0. The third-order valence-electron chi connectivity index (χ3n) is 8.17. The molecule has 1 aliphatic carbocycles. The van der Waals surface area contributed by atoms with Gasteiger partial charge in [0.25, 0.3) is 0 Å². The van der Waals surface area contributed by atoms with E-state index in [0.29, 0.717) is 0 Å². The molecule has 1 saturated carbocycles. The molecule has 1 aliphatic rings. The van der Waals surface area contributed by atoms with Crippen LogP contribution in [0, 0.1) is 11.8 Å². The lowest BCUT2D eigenvalue weighted by atomic mass is 9.77. The molecular weight excluding hydrogens is 410 g/mol. The van der Waals surface area contributed by atoms with Gasteiger partial charge in [-0.15, -0.1) is 0 Å². The fourth-order valence-corrected chi connectivity index (χ4v) is 5.73. The Kier molecular flexibility index (Phi) is 12.8. The Hall–Kier alpha value is -1.63. The highest BCUT2D eigenvalue weighted by Crippen LogP contribution is 2.34. The summed E-state index contributed by atoms with van der Waals surface area (Å²) in [6, 6.07) is 13.7. The van der Waals surface area contributed by atoms with Crippen molar-refractivity contribution in [2.45, 2.75) is 129 Å². The molecule has 1 aromatic carbocycles. The van der Waals surface area contributed by atoms with Gasteiger partial charge in [0.2, 0.25) is 0 Å². The third kappa shape index (κ3) is 9.93. The predicted molar refractivity (Wildman–Crippen MR) is 149 cm³/mol. The van der Waals surface area contributed by atoms with Gasteiger partial charge in [-0.3, -0.25) is 4.98 Å². The lowest BCUT2D eigenvalue weighted by molar-refractivity contribution is 0.248. The van der Waals surface area contributed by atoms with E-state index in [2.05, 4.69) is 56.4 Å². The molecule has 1 heterocycles. The van der Waals surface area contributed by atoms with E-state index in [1.54, 1.807) is 0 Å². The molecule has 1 aromatic heterocycles. The largest absolute Gasteiger partial charge is 0.256 e. The smallest absolute Gasteiger partial charge is 0.0702 e. The van der Waals surface area contributed by atoms with Crippen molar-refractivity contribution in [1.29, 1.82) is 0 Å². The van der Waals surface area contributed by atoms with Crippen molar-refractivity contribution in [3.63, 3.8) is 0 Å². The van der Waals surface area contributed by atoms with Crippen LogP contribution < -0.4 is 0 Å². The maximum absolute atomic E-state index is 4.76. The SMILES string of the molecule is CCCCCCCc1ccc(-c2ccc(CCC3CCC(CCCCCCC)CC3)cc2)nc1. The van der Waals surface area contributed by atoms with E-state index in [0.717, 1.165) is 24.0 Å². The van der Waals surface area contributed by atoms with Crippen LogP contribution in [0.4, 0.5) is 0 Å². The molecule has 0 amide bonds. The van der Waals surface area contributed by atoms with Crippen LogP contribution in [0.25, 0.3) is 11.3 Å². The molecule has 188 valence electrons. The van der Waals surface area contributed by atoms with Crippen molar-refractivity contribution in [2.75, 3.05) is 0 Å². The minimum atomic E-state index is 0.951. The van der Waals surface area contributed by atoms with Crippen molar-refractivity contribution < 1.29 is 0 Å². The summed E-state index contributed by atoms with van der Waals surface area (Å²) in [5.74, 6) is 1.98. The van der Waals surface area contributed by atoms with Gasteiger partial charge in [-0.2, -0.15) is 0 Å². The van der Waals surface area contributed by atoms with E-state index in [4.69, 9.17) is 4.98 Å². The van der Waals surface area contributed by atoms with E-state index in [-0.39, 0.29) is 0 Å². The van der Waals surface area contributed by atoms with E-state index in [1.165, 1.54) is 126 Å². The Bertz CT molecular complexity index is 752. The minimum Gasteiger partial charge on any atom is -0.256 e. The molecule has 0 aliphatic heterocycles. The number of pyridine rings is 1. The van der Waals surface area contributed by atoms with Gasteiger partial charge >= 0.3 is 0 Å². The quantitative estimate of drug-likeness (QED) is 0.226. The number of rotatable bonds is 16. The van der Waals surface area contributed by atoms with Gasteiger partial charge in [0.15, 0.2) is 0 Å². The summed E-state index contributed by atoms with van der Waals surface area (Å²) >= 11 is 0. The molecule has 0 saturated heterocycles. The lowest BCUT2D eigenvalue weighted by Crippen LogP contribution is -2.15. The normalized spacial score (nSPS) is 18.3. The lowest BCUT2D eigenvalue weighted by Gasteiger charge is -2.28. The van der Waals surface area contributed by atoms with Gasteiger partial charge < -0.3 is 0 Å². The molecule has 0 unspecified atom stereocenters. The molecular formula is C33H51N. The Morgan fingerprint density at radius 3 is 1.79 bits per heavy atom. The molecule has 34 heavy (non-hydrogen) atoms. The van der Waals surface area contributed by atoms with Crippen molar-refractivity contribution in [3.05, 3.63) is 53.7 Å². The van der Waals surface area contributed by atoms with Crippen LogP contribution in [0.5, 0.6) is 0 Å². The summed E-state index contributed by atoms with van der Waals surface area (Å²) in [7, 11) is 0. The van der Waals surface area contributed by atoms with E-state index in [1.807, 2.05) is 0 Å². The topological polar surface area (TPSA) is 12.9 Å². The Balaban J connectivity index is 1.33. The van der Waals surface area contributed by atoms with Crippen LogP contribution in [0.3, 0.4) is 0 Å². The first-order valence-electron chi connectivity index (χ1n) is 14.8. The summed E-state index contributed by atoms with van der Waals surface area (Å²) < 4.78 is 0. The maximum Gasteiger partial charge on any atom is 0.0702 e. The Morgan fingerprint density at radius 2 is 1.18 bits per heavy atom. The van der Waals surface area contributed by atoms with Gasteiger partial charge in [-0.05, 0) is 54.7 Å². The van der Waals surface area contributed by atoms with Gasteiger partial charge in [0.05, 0.1) is 5.69 Å². The van der Waals surface area contributed by atoms with E-state index >= 15 is 0 Å². The number of unbranched alkanes of at least 4 members (excludes halogenated alkanes) is 8. The van der Waals surface area contributed by atoms with Gasteiger partial charge in [0, 0.05) is 11.8 Å². The van der Waals surface area contributed by atoms with Crippen LogP contribution in [-0.4, -0.2) is 4.98 Å². The van der Waals surface area contributed by atoms with Gasteiger partial charge in [-0.1, -0.05) is 134 Å². The summed E-state index contributed by atoms with van der Waals surface area (Å²) in [5, 5.41) is 0. The van der Waals surface area contributed by atoms with Crippen LogP contribution in [0.2, 0.25) is 0 Å². The Labute approximate surface area is 211 Å². The highest BCUT2D eigenvalue weighted by molar-refractivity contribution is 5.59. The monoisotopic (exact) mass is 461 g/mol. The second kappa shape index (κ2) is 16.1. The summed E-state index contributed by atoms with van der Waals surface area (Å²) in [5.41, 5.74) is 5.22. The second-order valence-electron chi connectivity index (χ2n) is 11.0. The fourth-order valence-electron chi connectivity index (χ4n) is 5.73. The number of hydrogen-bond donors (Lipinski definition) is 0. The molecule has 1 fully saturated rings. The van der Waals surface area contributed by atoms with Crippen molar-refractivity contribution >= 4 is 0 Å². The van der Waals surface area contributed by atoms with Crippen molar-refractivity contribution in [2.24, 2.45) is 11.8 Å². The zero-order valence-electron chi connectivity index (χ0n) is 22.4. The number of aromatic nitrogens is 1. The summed E-state index contributed by atoms with van der Waals surface area (Å²) in [6.07, 6.45) is 27.1. The third-order valence-corrected chi connectivity index (χ3v) is 8.17. The van der Waals surface area contributed by atoms with Crippen LogP contribution in [0.1, 0.15) is 128 Å². The molecule has 0 atom stereocenters. The maximum atomic E-state index is 4.76. The predicted octanol–water partition coefficient (Wildman–Crippen LogP) is 10.4. The molecule has 0 N–H and O–H groups in total. The minimum absolute atomic E-state index is 0.951. The fraction of sp³-hybridized carbons (Fsp3) is 0.667. The molecule has 3 rings (SSSR count). The number of hydrogen-bond acceptors (Lipinski definition) is 1. The molecule has 0 bridgehead atoms. The van der Waals surface area contributed by atoms with Crippen LogP contribution >= 0.6 is 0 Å². The molecule has 0 spiro atoms. The standard InChI is InChI=1S/C33H51N/c1-3-5-7-9-11-13-28-15-17-29(18-16-28)19-20-30-21-24-32(25-22-30)33-26-23-31(27-34-33)14-12-10-8-6-4-2/h21-29H,3-20H2,1-2H3. The average molecular weight is 462 g/mol. The van der Waals surface area contributed by atoms with Crippen molar-refractivity contribution in [3.8, 4) is 11.3 Å². The zero-order chi connectivity index (χ0) is 23.8. The first-order chi connectivity index (χ1) is 16.8. The van der Waals surface area contributed by atoms with Gasteiger partial charge in [-0.25, -0.2) is 0 Å². The highest BCUT2D eigenvalue weighted by Gasteiger charge is 2.20. The Morgan fingerprint density at radius 1 is 0.588 bits per heavy atom. The van der Waals surface area contributed by atoms with Crippen LogP contribution in [0.15, 0.2) is 42.6 Å². The highest BCUT2D eigenvalue weighted by atomic mass is 14.7. The van der Waals surface area contributed by atoms with Gasteiger partial charge in [0.1, 0.15) is 0 Å². The van der Waals surface area contributed by atoms with Crippen molar-refractivity contribution in [1.82, 2.24) is 4.98 Å². The van der Waals surface area contributed by atoms with Crippen LogP contribution in [-0.2, 0) is 12.8 Å². The average Bonchev–Trinajstić information content (AvgIpc) is 2.89. The van der Waals surface area contributed by atoms with E-state index < -0.39 is 0 Å². The number of nitrogens with zero attached hydrogens (tertiary/aromatic N) is 1. The molecule has 1 nitrogen and oxygen atoms in total. The summed E-state index contributed by atoms with van der Waals surface area (Å²) in [4.78, 5) is 4.76. The zero-order valence-corrected chi connectivity index (χ0v) is 22.4. The molecule has 1 heteroatoms. The first-order valence-corrected chi connectivity index (χ1v) is 14.8. The summed E-state index contributed by atoms with van der Waals surface area (Å²) in [6.45, 7) is 4.58. The second-order valence-corrected chi connectivity index (χ2v) is 11.0. The number of benzene rings is 1.